The van der Waals surface area contributed by atoms with Crippen LogP contribution in [0.2, 0.25) is 0 Å². The highest BCUT2D eigenvalue weighted by Crippen LogP contribution is 2.45. The summed E-state index contributed by atoms with van der Waals surface area (Å²) in [4.78, 5) is 0. The van der Waals surface area contributed by atoms with Gasteiger partial charge in [-0.2, -0.15) is 0 Å². The zero-order chi connectivity index (χ0) is 11.6. The molecule has 1 saturated carbocycles. The number of aromatic nitrogens is 3. The molecule has 0 aromatic carbocycles. The Morgan fingerprint density at radius 3 is 2.81 bits per heavy atom. The third-order valence-corrected chi connectivity index (χ3v) is 3.90. The van der Waals surface area contributed by atoms with E-state index < -0.39 is 0 Å². The molecule has 0 amide bonds. The summed E-state index contributed by atoms with van der Waals surface area (Å²) >= 11 is 0. The first-order valence-electron chi connectivity index (χ1n) is 6.31. The Morgan fingerprint density at radius 1 is 1.50 bits per heavy atom. The summed E-state index contributed by atoms with van der Waals surface area (Å²) in [5.74, 6) is 0. The van der Waals surface area contributed by atoms with Gasteiger partial charge in [0.1, 0.15) is 0 Å². The summed E-state index contributed by atoms with van der Waals surface area (Å²) < 4.78 is 1.97. The number of hydrogen-bond donors (Lipinski definition) is 1. The topological polar surface area (TPSA) is 56.7 Å². The molecule has 2 rings (SSSR count). The van der Waals surface area contributed by atoms with Gasteiger partial charge < -0.3 is 5.73 Å². The molecule has 1 atom stereocenters. The first-order chi connectivity index (χ1) is 7.67. The van der Waals surface area contributed by atoms with Crippen LogP contribution in [0.25, 0.3) is 0 Å². The predicted molar refractivity (Wildman–Crippen MR) is 63.8 cm³/mol. The minimum absolute atomic E-state index is 0.0801. The van der Waals surface area contributed by atoms with E-state index in [0.717, 1.165) is 18.7 Å². The van der Waals surface area contributed by atoms with Gasteiger partial charge in [-0.05, 0) is 24.7 Å². The molecule has 1 aliphatic rings. The van der Waals surface area contributed by atoms with Gasteiger partial charge in [0.2, 0.25) is 0 Å². The van der Waals surface area contributed by atoms with Gasteiger partial charge in [0.05, 0.1) is 17.9 Å². The summed E-state index contributed by atoms with van der Waals surface area (Å²) in [6, 6.07) is 0.0801. The second kappa shape index (κ2) is 4.53. The van der Waals surface area contributed by atoms with Crippen LogP contribution in [-0.2, 0) is 6.54 Å². The zero-order valence-electron chi connectivity index (χ0n) is 10.3. The maximum atomic E-state index is 6.41. The van der Waals surface area contributed by atoms with Crippen molar-refractivity contribution >= 4 is 0 Å². The van der Waals surface area contributed by atoms with Crippen molar-refractivity contribution in [2.24, 2.45) is 11.1 Å². The lowest BCUT2D eigenvalue weighted by Crippen LogP contribution is -2.31. The van der Waals surface area contributed by atoms with Crippen LogP contribution in [0, 0.1) is 5.41 Å². The Bertz CT molecular complexity index is 339. The average Bonchev–Trinajstić information content (AvgIpc) is 2.88. The Balaban J connectivity index is 2.19. The smallest absolute Gasteiger partial charge is 0.0759 e. The van der Waals surface area contributed by atoms with Gasteiger partial charge >= 0.3 is 0 Å². The Morgan fingerprint density at radius 2 is 2.19 bits per heavy atom. The molecule has 0 aliphatic heterocycles. The normalized spacial score (nSPS) is 21.2. The molecule has 16 heavy (non-hydrogen) atoms. The van der Waals surface area contributed by atoms with Crippen LogP contribution >= 0.6 is 0 Å². The lowest BCUT2D eigenvalue weighted by molar-refractivity contribution is 0.253. The van der Waals surface area contributed by atoms with Crippen molar-refractivity contribution in [1.29, 1.82) is 0 Å². The summed E-state index contributed by atoms with van der Waals surface area (Å²) in [6.07, 6.45) is 7.97. The van der Waals surface area contributed by atoms with Crippen LogP contribution in [0.3, 0.4) is 0 Å². The number of hydrogen-bond acceptors (Lipinski definition) is 3. The highest BCUT2D eigenvalue weighted by Gasteiger charge is 2.37. The van der Waals surface area contributed by atoms with Crippen molar-refractivity contribution in [2.45, 2.75) is 58.5 Å². The molecule has 0 bridgehead atoms. The molecule has 0 radical (unpaired) electrons. The second-order valence-electron chi connectivity index (χ2n) is 5.22. The number of nitrogens with two attached hydrogens (primary N) is 1. The summed E-state index contributed by atoms with van der Waals surface area (Å²) in [6.45, 7) is 5.36. The molecule has 1 unspecified atom stereocenters. The van der Waals surface area contributed by atoms with Gasteiger partial charge in [0, 0.05) is 6.54 Å². The van der Waals surface area contributed by atoms with Crippen LogP contribution in [0.1, 0.15) is 57.7 Å². The van der Waals surface area contributed by atoms with E-state index in [-0.39, 0.29) is 11.5 Å². The van der Waals surface area contributed by atoms with Crippen LogP contribution < -0.4 is 5.73 Å². The standard InChI is InChI=1S/C12H22N4/c1-3-8-16-10(9-14-15-16)11(13)12(2)6-4-5-7-12/h9,11H,3-8,13H2,1-2H3. The van der Waals surface area contributed by atoms with Crippen molar-refractivity contribution in [2.75, 3.05) is 0 Å². The first kappa shape index (κ1) is 11.6. The Hall–Kier alpha value is -0.900. The Labute approximate surface area is 97.2 Å². The maximum Gasteiger partial charge on any atom is 0.0759 e. The fourth-order valence-electron chi connectivity index (χ4n) is 2.74. The van der Waals surface area contributed by atoms with E-state index in [2.05, 4.69) is 24.2 Å². The SMILES string of the molecule is CCCn1nncc1C(N)C1(C)CCCC1. The van der Waals surface area contributed by atoms with Gasteiger partial charge in [0.25, 0.3) is 0 Å². The van der Waals surface area contributed by atoms with Crippen molar-refractivity contribution in [3.63, 3.8) is 0 Å². The van der Waals surface area contributed by atoms with Crippen LogP contribution in [0.4, 0.5) is 0 Å². The van der Waals surface area contributed by atoms with E-state index >= 15 is 0 Å². The predicted octanol–water partition coefficient (Wildman–Crippen LogP) is 2.27. The molecular weight excluding hydrogens is 200 g/mol. The molecule has 0 saturated heterocycles. The number of rotatable bonds is 4. The van der Waals surface area contributed by atoms with Crippen molar-refractivity contribution < 1.29 is 0 Å². The van der Waals surface area contributed by atoms with Gasteiger partial charge in [-0.1, -0.05) is 31.9 Å². The first-order valence-corrected chi connectivity index (χ1v) is 6.31. The van der Waals surface area contributed by atoms with Gasteiger partial charge in [-0.3, -0.25) is 0 Å². The zero-order valence-corrected chi connectivity index (χ0v) is 10.3. The second-order valence-corrected chi connectivity index (χ2v) is 5.22. The monoisotopic (exact) mass is 222 g/mol. The Kier molecular flexibility index (Phi) is 3.28. The van der Waals surface area contributed by atoms with Gasteiger partial charge in [-0.25, -0.2) is 4.68 Å². The summed E-state index contributed by atoms with van der Waals surface area (Å²) in [7, 11) is 0. The number of aryl methyl sites for hydroxylation is 1. The van der Waals surface area contributed by atoms with Crippen molar-refractivity contribution in [3.8, 4) is 0 Å². The number of nitrogens with zero attached hydrogens (tertiary/aromatic N) is 3. The quantitative estimate of drug-likeness (QED) is 0.850. The third kappa shape index (κ3) is 1.98. The molecular formula is C12H22N4. The molecule has 1 fully saturated rings. The molecule has 0 spiro atoms. The fourth-order valence-corrected chi connectivity index (χ4v) is 2.74. The molecule has 4 nitrogen and oxygen atoms in total. The highest BCUT2D eigenvalue weighted by atomic mass is 15.4. The van der Waals surface area contributed by atoms with Crippen molar-refractivity contribution in [3.05, 3.63) is 11.9 Å². The fraction of sp³-hybridized carbons (Fsp3) is 0.833. The molecule has 4 heteroatoms. The lowest BCUT2D eigenvalue weighted by atomic mass is 9.79. The molecule has 1 aliphatic carbocycles. The minimum Gasteiger partial charge on any atom is -0.322 e. The van der Waals surface area contributed by atoms with E-state index in [1.807, 2.05) is 10.9 Å². The third-order valence-electron chi connectivity index (χ3n) is 3.90. The van der Waals surface area contributed by atoms with E-state index in [4.69, 9.17) is 5.73 Å². The molecule has 1 aromatic heterocycles. The summed E-state index contributed by atoms with van der Waals surface area (Å²) in [5, 5.41) is 8.11. The summed E-state index contributed by atoms with van der Waals surface area (Å²) in [5.41, 5.74) is 7.76. The van der Waals surface area contributed by atoms with E-state index in [9.17, 15) is 0 Å². The highest BCUT2D eigenvalue weighted by molar-refractivity contribution is 5.08. The van der Waals surface area contributed by atoms with Crippen LogP contribution in [0.5, 0.6) is 0 Å². The lowest BCUT2D eigenvalue weighted by Gasteiger charge is -2.31. The molecule has 1 heterocycles. The molecule has 1 aromatic rings. The van der Waals surface area contributed by atoms with Crippen molar-refractivity contribution in [1.82, 2.24) is 15.0 Å². The van der Waals surface area contributed by atoms with Gasteiger partial charge in [0.15, 0.2) is 0 Å². The van der Waals surface area contributed by atoms with E-state index in [1.54, 1.807) is 0 Å². The molecule has 90 valence electrons. The maximum absolute atomic E-state index is 6.41. The van der Waals surface area contributed by atoms with Crippen LogP contribution in [0.15, 0.2) is 6.20 Å². The average molecular weight is 222 g/mol. The van der Waals surface area contributed by atoms with Crippen LogP contribution in [-0.4, -0.2) is 15.0 Å². The largest absolute Gasteiger partial charge is 0.322 e. The van der Waals surface area contributed by atoms with Gasteiger partial charge in [-0.15, -0.1) is 5.10 Å². The van der Waals surface area contributed by atoms with E-state index in [1.165, 1.54) is 25.7 Å². The van der Waals surface area contributed by atoms with E-state index in [0.29, 0.717) is 0 Å². The minimum atomic E-state index is 0.0801. The molecule has 2 N–H and O–H groups in total.